The highest BCUT2D eigenvalue weighted by atomic mass is 16.7. The summed E-state index contributed by atoms with van der Waals surface area (Å²) < 4.78 is 10.7. The quantitative estimate of drug-likeness (QED) is 0.338. The first kappa shape index (κ1) is 21.2. The van der Waals surface area contributed by atoms with Crippen LogP contribution < -0.4 is 14.8 Å². The molecule has 0 radical (unpaired) electrons. The van der Waals surface area contributed by atoms with Crippen LogP contribution in [0.15, 0.2) is 72.4 Å². The predicted octanol–water partition coefficient (Wildman–Crippen LogP) is 4.02. The maximum absolute atomic E-state index is 13.4. The van der Waals surface area contributed by atoms with Crippen LogP contribution in [0.4, 0.5) is 11.4 Å². The van der Waals surface area contributed by atoms with Crippen molar-refractivity contribution in [3.8, 4) is 11.5 Å². The number of nitrogens with one attached hydrogen (secondary N) is 1. The van der Waals surface area contributed by atoms with E-state index in [-0.39, 0.29) is 30.3 Å². The van der Waals surface area contributed by atoms with Crippen molar-refractivity contribution < 1.29 is 24.0 Å². The number of nitrogens with zero attached hydrogens (tertiary/aromatic N) is 2. The van der Waals surface area contributed by atoms with Gasteiger partial charge in [-0.1, -0.05) is 29.8 Å². The number of imide groups is 1. The topological polar surface area (TPSA) is 111 Å². The fourth-order valence-electron chi connectivity index (χ4n) is 3.85. The van der Waals surface area contributed by atoms with Crippen LogP contribution in [0.2, 0.25) is 0 Å². The first-order valence-electron chi connectivity index (χ1n) is 10.5. The predicted molar refractivity (Wildman–Crippen MR) is 123 cm³/mol. The molecule has 0 saturated heterocycles. The molecule has 0 unspecified atom stereocenters. The van der Waals surface area contributed by atoms with Crippen LogP contribution in [-0.4, -0.2) is 28.4 Å². The molecule has 1 N–H and O–H groups in total. The van der Waals surface area contributed by atoms with Gasteiger partial charge in [-0.25, -0.2) is 0 Å². The van der Waals surface area contributed by atoms with Gasteiger partial charge in [-0.3, -0.25) is 24.6 Å². The molecule has 0 saturated carbocycles. The third-order valence-corrected chi connectivity index (χ3v) is 5.64. The Morgan fingerprint density at radius 3 is 2.35 bits per heavy atom. The Balaban J connectivity index is 1.53. The second-order valence-corrected chi connectivity index (χ2v) is 7.93. The molecule has 3 aromatic rings. The third-order valence-electron chi connectivity index (χ3n) is 5.64. The van der Waals surface area contributed by atoms with Crippen molar-refractivity contribution in [3.05, 3.63) is 99.2 Å². The number of nitro benzene ring substituents is 1. The maximum atomic E-state index is 13.4. The molecule has 3 aromatic carbocycles. The van der Waals surface area contributed by atoms with E-state index in [0.29, 0.717) is 22.7 Å². The number of non-ortho nitro benzene ring substituents is 1. The van der Waals surface area contributed by atoms with Gasteiger partial charge in [-0.2, -0.15) is 0 Å². The summed E-state index contributed by atoms with van der Waals surface area (Å²) in [4.78, 5) is 38.5. The van der Waals surface area contributed by atoms with Crippen LogP contribution in [0, 0.1) is 17.0 Å². The number of carbonyl (C=O) groups is 2. The van der Waals surface area contributed by atoms with Gasteiger partial charge in [-0.05, 0) is 42.3 Å². The van der Waals surface area contributed by atoms with Gasteiger partial charge in [0.05, 0.1) is 17.0 Å². The Hall–Kier alpha value is -4.66. The summed E-state index contributed by atoms with van der Waals surface area (Å²) in [7, 11) is 0. The second-order valence-electron chi connectivity index (χ2n) is 7.93. The van der Waals surface area contributed by atoms with Crippen molar-refractivity contribution in [1.82, 2.24) is 4.90 Å². The van der Waals surface area contributed by atoms with Crippen molar-refractivity contribution in [2.45, 2.75) is 13.5 Å². The Bertz CT molecular complexity index is 1350. The lowest BCUT2D eigenvalue weighted by Gasteiger charge is -2.15. The van der Waals surface area contributed by atoms with E-state index in [0.717, 1.165) is 16.0 Å². The summed E-state index contributed by atoms with van der Waals surface area (Å²) >= 11 is 0. The SMILES string of the molecule is Cc1ccc(CN2C(=O)C(Nc3ccc4c(c3)OCO4)=C(c3ccc([N+](=O)[O-])cc3)C2=O)cc1. The number of ether oxygens (including phenoxy) is 2. The highest BCUT2D eigenvalue weighted by Crippen LogP contribution is 2.37. The molecule has 2 heterocycles. The fourth-order valence-corrected chi connectivity index (χ4v) is 3.85. The average Bonchev–Trinajstić information content (AvgIpc) is 3.39. The average molecular weight is 457 g/mol. The summed E-state index contributed by atoms with van der Waals surface area (Å²) in [6.07, 6.45) is 0. The molecule has 2 aliphatic rings. The zero-order valence-corrected chi connectivity index (χ0v) is 18.1. The molecule has 2 amide bonds. The molecule has 9 heteroatoms. The van der Waals surface area contributed by atoms with Gasteiger partial charge in [0.1, 0.15) is 5.70 Å². The van der Waals surface area contributed by atoms with E-state index in [1.54, 1.807) is 18.2 Å². The Morgan fingerprint density at radius 2 is 1.65 bits per heavy atom. The van der Waals surface area contributed by atoms with Gasteiger partial charge in [0.2, 0.25) is 6.79 Å². The first-order valence-corrected chi connectivity index (χ1v) is 10.5. The Kier molecular flexibility index (Phi) is 5.21. The lowest BCUT2D eigenvalue weighted by Crippen LogP contribution is -2.32. The molecule has 9 nitrogen and oxygen atoms in total. The Labute approximate surface area is 194 Å². The second kappa shape index (κ2) is 8.36. The standard InChI is InChI=1S/C25H19N3O6/c1-15-2-4-16(5-3-15)13-27-24(29)22(17-6-9-19(10-7-17)28(31)32)23(25(27)30)26-18-8-11-20-21(12-18)34-14-33-20/h2-12,26H,13-14H2,1H3. The van der Waals surface area contributed by atoms with Crippen molar-refractivity contribution in [2.75, 3.05) is 12.1 Å². The van der Waals surface area contributed by atoms with Crippen molar-refractivity contribution in [1.29, 1.82) is 0 Å². The van der Waals surface area contributed by atoms with Crippen LogP contribution in [0.5, 0.6) is 11.5 Å². The lowest BCUT2D eigenvalue weighted by atomic mass is 10.0. The van der Waals surface area contributed by atoms with Crippen molar-refractivity contribution in [3.63, 3.8) is 0 Å². The number of rotatable bonds is 6. The summed E-state index contributed by atoms with van der Waals surface area (Å²) in [5.41, 5.74) is 2.94. The molecule has 2 aliphatic heterocycles. The molecule has 34 heavy (non-hydrogen) atoms. The molecule has 0 aliphatic carbocycles. The highest BCUT2D eigenvalue weighted by molar-refractivity contribution is 6.36. The zero-order valence-electron chi connectivity index (χ0n) is 18.1. The summed E-state index contributed by atoms with van der Waals surface area (Å²) in [6, 6.07) is 18.2. The first-order chi connectivity index (χ1) is 16.4. The molecule has 0 aromatic heterocycles. The molecular weight excluding hydrogens is 438 g/mol. The van der Waals surface area contributed by atoms with Gasteiger partial charge in [0.15, 0.2) is 11.5 Å². The van der Waals surface area contributed by atoms with E-state index in [1.165, 1.54) is 24.3 Å². The minimum atomic E-state index is -0.519. The van der Waals surface area contributed by atoms with Crippen LogP contribution in [0.25, 0.3) is 5.57 Å². The number of amides is 2. The van der Waals surface area contributed by atoms with Gasteiger partial charge < -0.3 is 14.8 Å². The van der Waals surface area contributed by atoms with E-state index in [2.05, 4.69) is 5.32 Å². The maximum Gasteiger partial charge on any atom is 0.278 e. The number of hydrogen-bond acceptors (Lipinski definition) is 7. The van der Waals surface area contributed by atoms with Gasteiger partial charge >= 0.3 is 0 Å². The van der Waals surface area contributed by atoms with E-state index in [4.69, 9.17) is 9.47 Å². The molecule has 5 rings (SSSR count). The number of carbonyl (C=O) groups excluding carboxylic acids is 2. The number of anilines is 1. The van der Waals surface area contributed by atoms with E-state index in [1.807, 2.05) is 31.2 Å². The number of nitro groups is 1. The minimum absolute atomic E-state index is 0.0878. The summed E-state index contributed by atoms with van der Waals surface area (Å²) in [6.45, 7) is 2.16. The molecule has 0 spiro atoms. The number of aryl methyl sites for hydroxylation is 1. The lowest BCUT2D eigenvalue weighted by molar-refractivity contribution is -0.384. The largest absolute Gasteiger partial charge is 0.454 e. The van der Waals surface area contributed by atoms with E-state index >= 15 is 0 Å². The van der Waals surface area contributed by atoms with Crippen LogP contribution in [0.1, 0.15) is 16.7 Å². The van der Waals surface area contributed by atoms with Gasteiger partial charge in [0.25, 0.3) is 17.5 Å². The van der Waals surface area contributed by atoms with Crippen LogP contribution in [-0.2, 0) is 16.1 Å². The molecular formula is C25H19N3O6. The molecule has 0 fully saturated rings. The van der Waals surface area contributed by atoms with Gasteiger partial charge in [0, 0.05) is 23.9 Å². The third kappa shape index (κ3) is 3.83. The van der Waals surface area contributed by atoms with Crippen LogP contribution >= 0.6 is 0 Å². The zero-order chi connectivity index (χ0) is 23.8. The summed E-state index contributed by atoms with van der Waals surface area (Å²) in [5.74, 6) is 0.139. The van der Waals surface area contributed by atoms with Crippen LogP contribution in [0.3, 0.4) is 0 Å². The Morgan fingerprint density at radius 1 is 0.941 bits per heavy atom. The van der Waals surface area contributed by atoms with Crippen molar-refractivity contribution in [2.24, 2.45) is 0 Å². The molecule has 0 bridgehead atoms. The fraction of sp³-hybridized carbons (Fsp3) is 0.120. The molecule has 0 atom stereocenters. The number of benzene rings is 3. The van der Waals surface area contributed by atoms with Crippen molar-refractivity contribution >= 4 is 28.8 Å². The van der Waals surface area contributed by atoms with E-state index in [9.17, 15) is 19.7 Å². The normalized spacial score (nSPS) is 14.7. The van der Waals surface area contributed by atoms with E-state index < -0.39 is 16.7 Å². The number of fused-ring (bicyclic) bond motifs is 1. The highest BCUT2D eigenvalue weighted by Gasteiger charge is 2.39. The number of hydrogen-bond donors (Lipinski definition) is 1. The molecule has 170 valence electrons. The monoisotopic (exact) mass is 457 g/mol. The minimum Gasteiger partial charge on any atom is -0.454 e. The smallest absolute Gasteiger partial charge is 0.278 e. The van der Waals surface area contributed by atoms with Gasteiger partial charge in [-0.15, -0.1) is 0 Å². The summed E-state index contributed by atoms with van der Waals surface area (Å²) in [5, 5.41) is 14.1.